The smallest absolute Gasteiger partial charge is 0.166 e. The maximum absolute atomic E-state index is 14.6. The molecule has 0 spiro atoms. The molecule has 2 aromatic carbocycles. The van der Waals surface area contributed by atoms with Crippen LogP contribution in [0.1, 0.15) is 69.4 Å². The maximum atomic E-state index is 14.6. The molecule has 0 nitrogen and oxygen atoms in total. The fourth-order valence-corrected chi connectivity index (χ4v) is 4.15. The van der Waals surface area contributed by atoms with Gasteiger partial charge in [0.25, 0.3) is 0 Å². The van der Waals surface area contributed by atoms with Crippen LogP contribution in [0.4, 0.5) is 8.78 Å². The van der Waals surface area contributed by atoms with Gasteiger partial charge in [-0.2, -0.15) is 0 Å². The molecule has 3 rings (SSSR count). The Balaban J connectivity index is 1.88. The lowest BCUT2D eigenvalue weighted by Gasteiger charge is -2.28. The first-order valence-electron chi connectivity index (χ1n) is 9.65. The van der Waals surface area contributed by atoms with Crippen LogP contribution in [0.25, 0.3) is 10.8 Å². The summed E-state index contributed by atoms with van der Waals surface area (Å²) >= 11 is 0. The minimum absolute atomic E-state index is 0.433. The highest BCUT2D eigenvalue weighted by molar-refractivity contribution is 5.85. The van der Waals surface area contributed by atoms with Crippen LogP contribution in [0.15, 0.2) is 36.4 Å². The van der Waals surface area contributed by atoms with E-state index in [1.54, 1.807) is 0 Å². The lowest BCUT2D eigenvalue weighted by atomic mass is 9.77. The van der Waals surface area contributed by atoms with Gasteiger partial charge in [-0.1, -0.05) is 37.6 Å². The van der Waals surface area contributed by atoms with E-state index in [1.165, 1.54) is 24.8 Å². The van der Waals surface area contributed by atoms with Crippen LogP contribution in [-0.2, 0) is 6.42 Å². The number of allylic oxidation sites excluding steroid dienone is 2. The maximum Gasteiger partial charge on any atom is 0.166 e. The Morgan fingerprint density at radius 3 is 2.48 bits per heavy atom. The fourth-order valence-electron chi connectivity index (χ4n) is 4.15. The Kier molecular flexibility index (Phi) is 5.88. The summed E-state index contributed by atoms with van der Waals surface area (Å²) in [6.07, 6.45) is 11.3. The summed E-state index contributed by atoms with van der Waals surface area (Å²) in [6.45, 7) is 4.19. The summed E-state index contributed by atoms with van der Waals surface area (Å²) < 4.78 is 29.1. The molecule has 2 heteroatoms. The summed E-state index contributed by atoms with van der Waals surface area (Å²) in [4.78, 5) is 0. The standard InChI is InChI=1S/C23H28F2/c1-3-5-6-7-20-14-19-13-12-18(15-21(19)23(25)22(20)24)17-10-8-16(4-2)9-11-17/h3,5,12-17H,4,6-11H2,1-2H3/b5-3+. The molecular weight excluding hydrogens is 314 g/mol. The molecule has 0 N–H and O–H groups in total. The van der Waals surface area contributed by atoms with Gasteiger partial charge < -0.3 is 0 Å². The van der Waals surface area contributed by atoms with E-state index in [0.29, 0.717) is 23.3 Å². The van der Waals surface area contributed by atoms with Crippen molar-refractivity contribution in [3.05, 3.63) is 59.2 Å². The van der Waals surface area contributed by atoms with Gasteiger partial charge in [0.1, 0.15) is 0 Å². The second-order valence-electron chi connectivity index (χ2n) is 7.38. The number of halogens is 2. The minimum atomic E-state index is -0.683. The molecular formula is C23H28F2. The predicted molar refractivity (Wildman–Crippen MR) is 102 cm³/mol. The first-order valence-corrected chi connectivity index (χ1v) is 9.65. The Bertz CT molecular complexity index is 752. The molecule has 2 aromatic rings. The highest BCUT2D eigenvalue weighted by Gasteiger charge is 2.22. The van der Waals surface area contributed by atoms with Gasteiger partial charge in [-0.05, 0) is 85.9 Å². The summed E-state index contributed by atoms with van der Waals surface area (Å²) in [5.41, 5.74) is 1.64. The molecule has 0 unspecified atom stereocenters. The Hall–Kier alpha value is -1.70. The second kappa shape index (κ2) is 8.12. The first kappa shape index (κ1) is 18.1. The fraction of sp³-hybridized carbons (Fsp3) is 0.478. The lowest BCUT2D eigenvalue weighted by Crippen LogP contribution is -2.12. The minimum Gasteiger partial charge on any atom is -0.203 e. The van der Waals surface area contributed by atoms with Gasteiger partial charge in [0.05, 0.1) is 0 Å². The monoisotopic (exact) mass is 342 g/mol. The number of aryl methyl sites for hydroxylation is 1. The molecule has 1 fully saturated rings. The van der Waals surface area contributed by atoms with Crippen molar-refractivity contribution in [2.45, 2.75) is 64.7 Å². The zero-order valence-corrected chi connectivity index (χ0v) is 15.3. The van der Waals surface area contributed by atoms with E-state index in [-0.39, 0.29) is 0 Å². The quantitative estimate of drug-likeness (QED) is 0.500. The molecule has 0 radical (unpaired) electrons. The van der Waals surface area contributed by atoms with Crippen molar-refractivity contribution in [1.29, 1.82) is 0 Å². The molecule has 0 aliphatic heterocycles. The number of hydrogen-bond donors (Lipinski definition) is 0. The van der Waals surface area contributed by atoms with Gasteiger partial charge in [0.2, 0.25) is 0 Å². The van der Waals surface area contributed by atoms with Gasteiger partial charge in [-0.3, -0.25) is 0 Å². The molecule has 1 aliphatic rings. The van der Waals surface area contributed by atoms with Crippen molar-refractivity contribution in [3.8, 4) is 0 Å². The van der Waals surface area contributed by atoms with Crippen LogP contribution >= 0.6 is 0 Å². The predicted octanol–water partition coefficient (Wildman–Crippen LogP) is 7.31. The highest BCUT2D eigenvalue weighted by atomic mass is 19.2. The van der Waals surface area contributed by atoms with E-state index >= 15 is 0 Å². The molecule has 0 bridgehead atoms. The molecule has 0 heterocycles. The zero-order chi connectivity index (χ0) is 17.8. The van der Waals surface area contributed by atoms with Gasteiger partial charge >= 0.3 is 0 Å². The van der Waals surface area contributed by atoms with E-state index in [2.05, 4.69) is 13.0 Å². The normalized spacial score (nSPS) is 21.3. The molecule has 1 aliphatic carbocycles. The number of hydrogen-bond acceptors (Lipinski definition) is 0. The summed E-state index contributed by atoms with van der Waals surface area (Å²) in [5, 5.41) is 1.24. The lowest BCUT2D eigenvalue weighted by molar-refractivity contribution is 0.319. The molecule has 0 atom stereocenters. The molecule has 1 saturated carbocycles. The Labute approximate surface area is 149 Å². The Morgan fingerprint density at radius 1 is 1.04 bits per heavy atom. The van der Waals surface area contributed by atoms with E-state index in [9.17, 15) is 8.78 Å². The van der Waals surface area contributed by atoms with Crippen LogP contribution in [0.5, 0.6) is 0 Å². The van der Waals surface area contributed by atoms with Gasteiger partial charge in [0, 0.05) is 5.39 Å². The number of benzene rings is 2. The Morgan fingerprint density at radius 2 is 1.80 bits per heavy atom. The average Bonchev–Trinajstić information content (AvgIpc) is 2.65. The topological polar surface area (TPSA) is 0 Å². The third-order valence-electron chi connectivity index (χ3n) is 5.83. The second-order valence-corrected chi connectivity index (χ2v) is 7.38. The van der Waals surface area contributed by atoms with E-state index in [4.69, 9.17) is 0 Å². The first-order chi connectivity index (χ1) is 12.1. The van der Waals surface area contributed by atoms with Gasteiger partial charge in [-0.15, -0.1) is 0 Å². The zero-order valence-electron chi connectivity index (χ0n) is 15.3. The van der Waals surface area contributed by atoms with E-state index < -0.39 is 11.6 Å². The molecule has 25 heavy (non-hydrogen) atoms. The summed E-state index contributed by atoms with van der Waals surface area (Å²) in [6, 6.07) is 7.79. The summed E-state index contributed by atoms with van der Waals surface area (Å²) in [5.74, 6) is -0.0319. The van der Waals surface area contributed by atoms with Crippen molar-refractivity contribution >= 4 is 10.8 Å². The van der Waals surface area contributed by atoms with Crippen LogP contribution < -0.4 is 0 Å². The molecule has 0 aromatic heterocycles. The number of rotatable bonds is 5. The third kappa shape index (κ3) is 3.94. The van der Waals surface area contributed by atoms with Crippen LogP contribution in [0.3, 0.4) is 0 Å². The van der Waals surface area contributed by atoms with Crippen molar-refractivity contribution < 1.29 is 8.78 Å². The van der Waals surface area contributed by atoms with Crippen molar-refractivity contribution in [2.75, 3.05) is 0 Å². The van der Waals surface area contributed by atoms with Crippen LogP contribution in [-0.4, -0.2) is 0 Å². The third-order valence-corrected chi connectivity index (χ3v) is 5.83. The average molecular weight is 342 g/mol. The van der Waals surface area contributed by atoms with Crippen molar-refractivity contribution in [1.82, 2.24) is 0 Å². The molecule has 0 saturated heterocycles. The van der Waals surface area contributed by atoms with Crippen LogP contribution in [0, 0.1) is 17.6 Å². The van der Waals surface area contributed by atoms with E-state index in [1.807, 2.05) is 37.3 Å². The summed E-state index contributed by atoms with van der Waals surface area (Å²) in [7, 11) is 0. The highest BCUT2D eigenvalue weighted by Crippen LogP contribution is 2.38. The van der Waals surface area contributed by atoms with Crippen molar-refractivity contribution in [2.24, 2.45) is 5.92 Å². The van der Waals surface area contributed by atoms with Crippen LogP contribution in [0.2, 0.25) is 0 Å². The molecule has 0 amide bonds. The van der Waals surface area contributed by atoms with Crippen molar-refractivity contribution in [3.63, 3.8) is 0 Å². The van der Waals surface area contributed by atoms with Gasteiger partial charge in [-0.25, -0.2) is 8.78 Å². The largest absolute Gasteiger partial charge is 0.203 e. The van der Waals surface area contributed by atoms with Gasteiger partial charge in [0.15, 0.2) is 11.6 Å². The SMILES string of the molecule is C/C=C/CCc1cc2ccc(C3CCC(CC)CC3)cc2c(F)c1F. The number of fused-ring (bicyclic) bond motifs is 1. The van der Waals surface area contributed by atoms with E-state index in [0.717, 1.165) is 30.6 Å². The molecule has 134 valence electrons.